The Morgan fingerprint density at radius 1 is 1.41 bits per heavy atom. The highest BCUT2D eigenvalue weighted by Gasteiger charge is 2.17. The molecule has 0 aliphatic heterocycles. The second kappa shape index (κ2) is 8.40. The molecule has 0 aliphatic rings. The Labute approximate surface area is 131 Å². The molecule has 1 N–H and O–H groups in total. The fraction of sp³-hybridized carbons (Fsp3) is 0.286. The van der Waals surface area contributed by atoms with Gasteiger partial charge in [-0.15, -0.1) is 11.8 Å². The number of amides is 1. The third-order valence-electron chi connectivity index (χ3n) is 2.68. The molecule has 0 fully saturated rings. The van der Waals surface area contributed by atoms with E-state index in [4.69, 9.17) is 4.84 Å². The van der Waals surface area contributed by atoms with Crippen LogP contribution in [0.15, 0.2) is 34.9 Å². The molecular weight excluding hydrogens is 313 g/mol. The van der Waals surface area contributed by atoms with Gasteiger partial charge in [0.1, 0.15) is 5.82 Å². The molecule has 0 aromatic heterocycles. The molecule has 1 amide bonds. The van der Waals surface area contributed by atoms with E-state index in [0.717, 1.165) is 12.2 Å². The average molecular weight is 329 g/mol. The van der Waals surface area contributed by atoms with E-state index in [1.807, 2.05) is 0 Å². The van der Waals surface area contributed by atoms with Gasteiger partial charge in [0.25, 0.3) is 5.91 Å². The summed E-state index contributed by atoms with van der Waals surface area (Å²) in [7, 11) is 2.34. The molecule has 0 aliphatic carbocycles. The lowest BCUT2D eigenvalue weighted by atomic mass is 10.2. The van der Waals surface area contributed by atoms with Crippen molar-refractivity contribution >= 4 is 23.6 Å². The summed E-state index contributed by atoms with van der Waals surface area (Å²) in [5.41, 5.74) is 0.662. The normalized spacial score (nSPS) is 11.2. The second-order valence-electron chi connectivity index (χ2n) is 4.03. The molecular formula is C14H16FNO5S. The largest absolute Gasteiger partial charge is 0.502 e. The summed E-state index contributed by atoms with van der Waals surface area (Å²) in [6.45, 7) is 0.0245. The Bertz CT molecular complexity index is 591. The van der Waals surface area contributed by atoms with Crippen molar-refractivity contribution in [3.63, 3.8) is 0 Å². The number of hydrogen-bond acceptors (Lipinski definition) is 6. The van der Waals surface area contributed by atoms with Crippen LogP contribution in [-0.2, 0) is 25.7 Å². The highest BCUT2D eigenvalue weighted by Crippen LogP contribution is 2.23. The van der Waals surface area contributed by atoms with Crippen LogP contribution in [-0.4, -0.2) is 42.5 Å². The van der Waals surface area contributed by atoms with Crippen LogP contribution in [0.2, 0.25) is 0 Å². The zero-order chi connectivity index (χ0) is 16.7. The zero-order valence-electron chi connectivity index (χ0n) is 12.3. The number of aliphatic hydroxyl groups is 1. The summed E-state index contributed by atoms with van der Waals surface area (Å²) in [6.07, 6.45) is 2.47. The number of carbonyl (C=O) groups excluding carboxylic acids is 2. The Balaban J connectivity index is 2.94. The molecule has 0 saturated heterocycles. The molecule has 22 heavy (non-hydrogen) atoms. The van der Waals surface area contributed by atoms with Gasteiger partial charge >= 0.3 is 5.97 Å². The summed E-state index contributed by atoms with van der Waals surface area (Å²) in [5, 5.41) is 10.3. The second-order valence-corrected chi connectivity index (χ2v) is 4.88. The van der Waals surface area contributed by atoms with E-state index in [1.54, 1.807) is 6.26 Å². The van der Waals surface area contributed by atoms with Crippen molar-refractivity contribution in [2.45, 2.75) is 11.4 Å². The molecule has 0 heterocycles. The van der Waals surface area contributed by atoms with Crippen molar-refractivity contribution in [2.24, 2.45) is 0 Å². The van der Waals surface area contributed by atoms with Gasteiger partial charge in [-0.2, -0.15) is 0 Å². The average Bonchev–Trinajstić information content (AvgIpc) is 2.52. The summed E-state index contributed by atoms with van der Waals surface area (Å²) in [5.74, 6) is -3.00. The van der Waals surface area contributed by atoms with E-state index in [1.165, 1.54) is 37.1 Å². The number of esters is 1. The van der Waals surface area contributed by atoms with Crippen LogP contribution in [0.5, 0.6) is 0 Å². The zero-order valence-corrected chi connectivity index (χ0v) is 13.1. The minimum atomic E-state index is -1.03. The van der Waals surface area contributed by atoms with Crippen LogP contribution in [0.1, 0.15) is 5.56 Å². The molecule has 6 nitrogen and oxygen atoms in total. The van der Waals surface area contributed by atoms with Crippen LogP contribution in [0.4, 0.5) is 4.39 Å². The number of thioether (sulfide) groups is 1. The van der Waals surface area contributed by atoms with Gasteiger partial charge in [0.15, 0.2) is 0 Å². The fourth-order valence-corrected chi connectivity index (χ4v) is 2.21. The minimum Gasteiger partial charge on any atom is -0.502 e. The first-order chi connectivity index (χ1) is 10.4. The minimum absolute atomic E-state index is 0.0245. The number of halogens is 1. The lowest BCUT2D eigenvalue weighted by molar-refractivity contribution is -0.174. The van der Waals surface area contributed by atoms with E-state index in [0.29, 0.717) is 16.5 Å². The first-order valence-electron chi connectivity index (χ1n) is 6.10. The lowest BCUT2D eigenvalue weighted by Gasteiger charge is -2.19. The maximum Gasteiger partial charge on any atom is 0.373 e. The van der Waals surface area contributed by atoms with Crippen molar-refractivity contribution in [3.8, 4) is 0 Å². The Kier molecular flexibility index (Phi) is 6.87. The number of carbonyl (C=O) groups is 2. The highest BCUT2D eigenvalue weighted by atomic mass is 32.2. The van der Waals surface area contributed by atoms with Crippen LogP contribution in [0.25, 0.3) is 0 Å². The van der Waals surface area contributed by atoms with E-state index >= 15 is 0 Å². The van der Waals surface area contributed by atoms with Crippen LogP contribution < -0.4 is 0 Å². The van der Waals surface area contributed by atoms with Gasteiger partial charge in [-0.25, -0.2) is 14.2 Å². The van der Waals surface area contributed by atoms with Crippen LogP contribution in [0.3, 0.4) is 0 Å². The maximum absolute atomic E-state index is 13.2. The number of rotatable bonds is 6. The summed E-state index contributed by atoms with van der Waals surface area (Å²) >= 11 is 1.32. The van der Waals surface area contributed by atoms with E-state index in [9.17, 15) is 19.1 Å². The Morgan fingerprint density at radius 3 is 2.64 bits per heavy atom. The number of methoxy groups -OCH3 is 1. The van der Waals surface area contributed by atoms with Crippen molar-refractivity contribution in [2.75, 3.05) is 20.5 Å². The monoisotopic (exact) mass is 329 g/mol. The topological polar surface area (TPSA) is 76.1 Å². The molecule has 1 rings (SSSR count). The number of hydrogen-bond donors (Lipinski definition) is 1. The smallest absolute Gasteiger partial charge is 0.373 e. The number of benzene rings is 1. The van der Waals surface area contributed by atoms with E-state index in [-0.39, 0.29) is 12.4 Å². The molecule has 8 heteroatoms. The maximum atomic E-state index is 13.2. The molecule has 120 valence electrons. The molecule has 0 bridgehead atoms. The summed E-state index contributed by atoms with van der Waals surface area (Å²) in [4.78, 5) is 28.6. The number of aliphatic hydroxyl groups excluding tert-OH is 1. The number of hydroxylamine groups is 2. The number of ether oxygens (including phenoxy) is 1. The van der Waals surface area contributed by atoms with E-state index < -0.39 is 17.6 Å². The van der Waals surface area contributed by atoms with Gasteiger partial charge < -0.3 is 9.84 Å². The van der Waals surface area contributed by atoms with Crippen molar-refractivity contribution in [1.82, 2.24) is 5.06 Å². The van der Waals surface area contributed by atoms with Crippen LogP contribution >= 0.6 is 11.8 Å². The molecule has 0 atom stereocenters. The van der Waals surface area contributed by atoms with Crippen molar-refractivity contribution < 1.29 is 28.7 Å². The van der Waals surface area contributed by atoms with Gasteiger partial charge in [-0.3, -0.25) is 9.63 Å². The predicted octanol–water partition coefficient (Wildman–Crippen LogP) is 2.05. The van der Waals surface area contributed by atoms with Gasteiger partial charge in [0.2, 0.25) is 5.76 Å². The van der Waals surface area contributed by atoms with Crippen LogP contribution in [0, 0.1) is 5.82 Å². The Hall–Kier alpha value is -2.06. The molecule has 0 spiro atoms. The standard InChI is InChI=1S/C14H16FNO5S/c1-20-14(19)11(17)7-13(18)16(21-2)8-9-4-5-10(15)6-12(9)22-3/h4-7,17H,8H2,1-3H3. The lowest BCUT2D eigenvalue weighted by Crippen LogP contribution is -2.29. The summed E-state index contributed by atoms with van der Waals surface area (Å²) < 4.78 is 17.5. The van der Waals surface area contributed by atoms with Gasteiger partial charge in [0, 0.05) is 4.90 Å². The quantitative estimate of drug-likeness (QED) is 0.283. The molecule has 1 aromatic carbocycles. The summed E-state index contributed by atoms with van der Waals surface area (Å²) in [6, 6.07) is 4.15. The first kappa shape index (κ1) is 18.0. The van der Waals surface area contributed by atoms with Gasteiger partial charge in [-0.05, 0) is 24.0 Å². The third-order valence-corrected chi connectivity index (χ3v) is 3.50. The SMILES string of the molecule is COC(=O)C(O)=CC(=O)N(Cc1ccc(F)cc1SC)OC. The fourth-order valence-electron chi connectivity index (χ4n) is 1.59. The van der Waals surface area contributed by atoms with Gasteiger partial charge in [0.05, 0.1) is 26.8 Å². The van der Waals surface area contributed by atoms with Gasteiger partial charge in [-0.1, -0.05) is 6.07 Å². The number of nitrogens with zero attached hydrogens (tertiary/aromatic N) is 1. The molecule has 0 unspecified atom stereocenters. The molecule has 0 saturated carbocycles. The Morgan fingerprint density at radius 2 is 2.09 bits per heavy atom. The van der Waals surface area contributed by atoms with Crippen molar-refractivity contribution in [3.05, 3.63) is 41.4 Å². The predicted molar refractivity (Wildman–Crippen MR) is 78.5 cm³/mol. The van der Waals surface area contributed by atoms with E-state index in [2.05, 4.69) is 4.74 Å². The first-order valence-corrected chi connectivity index (χ1v) is 7.32. The van der Waals surface area contributed by atoms with Crippen molar-refractivity contribution in [1.29, 1.82) is 0 Å². The highest BCUT2D eigenvalue weighted by molar-refractivity contribution is 7.98. The molecule has 1 aromatic rings. The molecule has 0 radical (unpaired) electrons. The third kappa shape index (κ3) is 4.74.